The molecule has 0 aromatic carbocycles. The molecular formula is C15H28N2O3. The second-order valence-electron chi connectivity index (χ2n) is 6.17. The fourth-order valence-electron chi connectivity index (χ4n) is 2.98. The monoisotopic (exact) mass is 284 g/mol. The molecule has 5 heteroatoms. The molecule has 2 rings (SSSR count). The van der Waals surface area contributed by atoms with E-state index in [1.165, 1.54) is 25.7 Å². The largest absolute Gasteiger partial charge is 0.378 e. The molecule has 1 unspecified atom stereocenters. The van der Waals surface area contributed by atoms with Crippen LogP contribution in [0.3, 0.4) is 0 Å². The summed E-state index contributed by atoms with van der Waals surface area (Å²) in [5.74, 6) is 0.0607. The van der Waals surface area contributed by atoms with Gasteiger partial charge in [-0.15, -0.1) is 0 Å². The van der Waals surface area contributed by atoms with Crippen molar-refractivity contribution in [3.63, 3.8) is 0 Å². The van der Waals surface area contributed by atoms with Crippen LogP contribution >= 0.6 is 0 Å². The highest BCUT2D eigenvalue weighted by atomic mass is 16.5. The molecule has 116 valence electrons. The molecule has 5 nitrogen and oxygen atoms in total. The molecule has 1 heterocycles. The van der Waals surface area contributed by atoms with Gasteiger partial charge in [-0.1, -0.05) is 25.7 Å². The highest BCUT2D eigenvalue weighted by Gasteiger charge is 2.29. The van der Waals surface area contributed by atoms with Crippen molar-refractivity contribution in [3.8, 4) is 0 Å². The van der Waals surface area contributed by atoms with Gasteiger partial charge in [0.05, 0.1) is 19.8 Å². The summed E-state index contributed by atoms with van der Waals surface area (Å²) >= 11 is 0. The lowest BCUT2D eigenvalue weighted by Crippen LogP contribution is -2.49. The van der Waals surface area contributed by atoms with Crippen molar-refractivity contribution in [3.05, 3.63) is 0 Å². The van der Waals surface area contributed by atoms with Crippen LogP contribution in [0.4, 0.5) is 0 Å². The van der Waals surface area contributed by atoms with Crippen molar-refractivity contribution in [1.82, 2.24) is 4.90 Å². The van der Waals surface area contributed by atoms with Gasteiger partial charge in [-0.05, 0) is 19.8 Å². The maximum absolute atomic E-state index is 12.2. The van der Waals surface area contributed by atoms with E-state index in [9.17, 15) is 4.79 Å². The van der Waals surface area contributed by atoms with Gasteiger partial charge in [-0.25, -0.2) is 0 Å². The van der Waals surface area contributed by atoms with Gasteiger partial charge in [0.25, 0.3) is 5.91 Å². The van der Waals surface area contributed by atoms with Gasteiger partial charge in [0.15, 0.2) is 0 Å². The summed E-state index contributed by atoms with van der Waals surface area (Å²) < 4.78 is 11.1. The van der Waals surface area contributed by atoms with Gasteiger partial charge in [-0.3, -0.25) is 4.79 Å². The van der Waals surface area contributed by atoms with Crippen LogP contribution in [0, 0.1) is 0 Å². The minimum Gasteiger partial charge on any atom is -0.378 e. The molecule has 1 aliphatic heterocycles. The average Bonchev–Trinajstić information content (AvgIpc) is 2.70. The van der Waals surface area contributed by atoms with Gasteiger partial charge < -0.3 is 20.1 Å². The van der Waals surface area contributed by atoms with Crippen molar-refractivity contribution in [2.45, 2.75) is 57.1 Å². The first kappa shape index (κ1) is 15.7. The van der Waals surface area contributed by atoms with Crippen LogP contribution < -0.4 is 5.73 Å². The predicted octanol–water partition coefficient (Wildman–Crippen LogP) is 1.30. The van der Waals surface area contributed by atoms with Crippen LogP contribution in [0.2, 0.25) is 0 Å². The Bertz CT molecular complexity index is 308. The predicted molar refractivity (Wildman–Crippen MR) is 77.4 cm³/mol. The van der Waals surface area contributed by atoms with Crippen molar-refractivity contribution >= 4 is 5.91 Å². The van der Waals surface area contributed by atoms with Crippen LogP contribution in [-0.2, 0) is 14.3 Å². The van der Waals surface area contributed by atoms with Gasteiger partial charge >= 0.3 is 0 Å². The maximum Gasteiger partial charge on any atom is 0.251 e. The van der Waals surface area contributed by atoms with E-state index in [2.05, 4.69) is 0 Å². The molecule has 1 aliphatic carbocycles. The quantitative estimate of drug-likeness (QED) is 0.790. The van der Waals surface area contributed by atoms with Gasteiger partial charge in [0.2, 0.25) is 0 Å². The summed E-state index contributed by atoms with van der Waals surface area (Å²) in [5, 5.41) is 0. The molecule has 2 aliphatic rings. The van der Waals surface area contributed by atoms with Crippen LogP contribution in [0.1, 0.15) is 45.4 Å². The number of nitrogens with zero attached hydrogens (tertiary/aromatic N) is 1. The minimum atomic E-state index is -0.406. The molecule has 0 radical (unpaired) electrons. The number of ether oxygens (including phenoxy) is 2. The molecule has 2 N–H and O–H groups in total. The minimum absolute atomic E-state index is 0.0607. The Hall–Kier alpha value is -0.650. The third kappa shape index (κ3) is 4.43. The Balaban J connectivity index is 1.78. The molecule has 1 atom stereocenters. The van der Waals surface area contributed by atoms with Gasteiger partial charge in [0.1, 0.15) is 6.10 Å². The van der Waals surface area contributed by atoms with Crippen LogP contribution in [0.15, 0.2) is 0 Å². The summed E-state index contributed by atoms with van der Waals surface area (Å²) in [5.41, 5.74) is 6.18. The molecule has 0 bridgehead atoms. The molecule has 1 amide bonds. The second-order valence-corrected chi connectivity index (χ2v) is 6.17. The Morgan fingerprint density at radius 1 is 1.25 bits per heavy atom. The number of morpholine rings is 1. The standard InChI is InChI=1S/C15H28N2O3/c1-13(14(18)17-8-10-19-11-9-17)20-12-15(16)6-4-2-3-5-7-15/h13H,2-12,16H2,1H3. The van der Waals surface area contributed by atoms with Crippen molar-refractivity contribution in [2.75, 3.05) is 32.9 Å². The first-order valence-corrected chi connectivity index (χ1v) is 7.88. The normalized spacial score (nSPS) is 25.0. The second kappa shape index (κ2) is 7.38. The molecule has 0 spiro atoms. The number of hydrogen-bond acceptors (Lipinski definition) is 4. The number of carbonyl (C=O) groups is 1. The first-order valence-electron chi connectivity index (χ1n) is 7.88. The number of hydrogen-bond donors (Lipinski definition) is 1. The Kier molecular flexibility index (Phi) is 5.81. The Morgan fingerprint density at radius 3 is 2.45 bits per heavy atom. The zero-order valence-electron chi connectivity index (χ0n) is 12.6. The van der Waals surface area contributed by atoms with E-state index in [1.807, 2.05) is 11.8 Å². The van der Waals surface area contributed by atoms with Crippen LogP contribution in [-0.4, -0.2) is 55.4 Å². The molecule has 1 saturated heterocycles. The van der Waals surface area contributed by atoms with E-state index >= 15 is 0 Å². The van der Waals surface area contributed by atoms with Gasteiger partial charge in [0, 0.05) is 18.6 Å². The third-order valence-corrected chi connectivity index (χ3v) is 4.39. The molecule has 2 fully saturated rings. The lowest BCUT2D eigenvalue weighted by Gasteiger charge is -2.32. The van der Waals surface area contributed by atoms with Crippen LogP contribution in [0.25, 0.3) is 0 Å². The third-order valence-electron chi connectivity index (χ3n) is 4.39. The summed E-state index contributed by atoms with van der Waals surface area (Å²) in [6.45, 7) is 4.90. The van der Waals surface area contributed by atoms with E-state index in [4.69, 9.17) is 15.2 Å². The van der Waals surface area contributed by atoms with Crippen molar-refractivity contribution < 1.29 is 14.3 Å². The average molecular weight is 284 g/mol. The highest BCUT2D eigenvalue weighted by Crippen LogP contribution is 2.25. The number of carbonyl (C=O) groups excluding carboxylic acids is 1. The Morgan fingerprint density at radius 2 is 1.85 bits per heavy atom. The number of amides is 1. The zero-order chi connectivity index (χ0) is 14.4. The van der Waals surface area contributed by atoms with Gasteiger partial charge in [-0.2, -0.15) is 0 Å². The van der Waals surface area contributed by atoms with Crippen molar-refractivity contribution in [2.24, 2.45) is 5.73 Å². The number of nitrogens with two attached hydrogens (primary N) is 1. The zero-order valence-corrected chi connectivity index (χ0v) is 12.6. The van der Waals surface area contributed by atoms with E-state index in [0.717, 1.165) is 12.8 Å². The van der Waals surface area contributed by atoms with E-state index < -0.39 is 6.10 Å². The number of rotatable bonds is 4. The SMILES string of the molecule is CC(OCC1(N)CCCCCC1)C(=O)N1CCOCC1. The smallest absolute Gasteiger partial charge is 0.251 e. The lowest BCUT2D eigenvalue weighted by atomic mass is 9.92. The molecule has 0 aromatic heterocycles. The summed E-state index contributed by atoms with van der Waals surface area (Å²) in [4.78, 5) is 14.1. The van der Waals surface area contributed by atoms with Crippen molar-refractivity contribution in [1.29, 1.82) is 0 Å². The highest BCUT2D eigenvalue weighted by molar-refractivity contribution is 5.80. The fourth-order valence-corrected chi connectivity index (χ4v) is 2.98. The van der Waals surface area contributed by atoms with Crippen LogP contribution in [0.5, 0.6) is 0 Å². The first-order chi connectivity index (χ1) is 9.61. The molecule has 1 saturated carbocycles. The summed E-state index contributed by atoms with van der Waals surface area (Å²) in [6.07, 6.45) is 6.48. The summed E-state index contributed by atoms with van der Waals surface area (Å²) in [7, 11) is 0. The maximum atomic E-state index is 12.2. The Labute approximate surface area is 121 Å². The topological polar surface area (TPSA) is 64.8 Å². The van der Waals surface area contributed by atoms with E-state index in [1.54, 1.807) is 0 Å². The molecule has 0 aromatic rings. The van der Waals surface area contributed by atoms with E-state index in [-0.39, 0.29) is 11.4 Å². The summed E-state index contributed by atoms with van der Waals surface area (Å²) in [6, 6.07) is 0. The van der Waals surface area contributed by atoms with E-state index in [0.29, 0.717) is 32.9 Å². The molecule has 20 heavy (non-hydrogen) atoms. The lowest BCUT2D eigenvalue weighted by molar-refractivity contribution is -0.147. The fraction of sp³-hybridized carbons (Fsp3) is 0.933. The molecular weight excluding hydrogens is 256 g/mol.